The smallest absolute Gasteiger partial charge is 0.307 e. The molecule has 0 amide bonds. The van der Waals surface area contributed by atoms with E-state index < -0.39 is 7.60 Å². The van der Waals surface area contributed by atoms with E-state index in [-0.39, 0.29) is 0 Å². The Hall–Kier alpha value is 0.110. The van der Waals surface area contributed by atoms with E-state index in [9.17, 15) is 4.57 Å². The molecule has 0 aromatic carbocycles. The minimum Gasteiger partial charge on any atom is -0.307 e. The van der Waals surface area contributed by atoms with Crippen molar-refractivity contribution >= 4 is 7.60 Å². The third-order valence-corrected chi connectivity index (χ3v) is 7.55. The standard InChI is InChI=1S/C25H54NO3P/c1-9-13-15-24(11-3)19-28-30(27,29-20-25(12-4)16-14-10-2)21-26(17-22(5)6)18-23(7)8/h22-25H,9-21H2,1-8H3. The number of unbranched alkanes of at least 4 members (excludes halogenated alkanes) is 2. The number of hydrogen-bond acceptors (Lipinski definition) is 4. The monoisotopic (exact) mass is 447 g/mol. The summed E-state index contributed by atoms with van der Waals surface area (Å²) < 4.78 is 26.2. The summed E-state index contributed by atoms with van der Waals surface area (Å²) in [5, 5.41) is 0. The second kappa shape index (κ2) is 17.6. The van der Waals surface area contributed by atoms with Crippen LogP contribution in [0.3, 0.4) is 0 Å². The molecule has 0 saturated carbocycles. The van der Waals surface area contributed by atoms with Gasteiger partial charge in [-0.3, -0.25) is 9.46 Å². The molecule has 0 aromatic heterocycles. The van der Waals surface area contributed by atoms with Crippen molar-refractivity contribution in [3.63, 3.8) is 0 Å². The summed E-state index contributed by atoms with van der Waals surface area (Å²) in [6.07, 6.45) is 9.62. The van der Waals surface area contributed by atoms with Crippen molar-refractivity contribution in [3.05, 3.63) is 0 Å². The van der Waals surface area contributed by atoms with Crippen LogP contribution in [-0.2, 0) is 13.6 Å². The summed E-state index contributed by atoms with van der Waals surface area (Å²) in [4.78, 5) is 2.30. The van der Waals surface area contributed by atoms with Gasteiger partial charge in [-0.1, -0.05) is 93.9 Å². The summed E-state index contributed by atoms with van der Waals surface area (Å²) in [7, 11) is -3.16. The molecular weight excluding hydrogens is 393 g/mol. The first-order valence-corrected chi connectivity index (χ1v) is 14.5. The van der Waals surface area contributed by atoms with Crippen molar-refractivity contribution in [2.75, 3.05) is 32.6 Å². The van der Waals surface area contributed by atoms with Crippen LogP contribution in [0.1, 0.15) is 107 Å². The van der Waals surface area contributed by atoms with E-state index >= 15 is 0 Å². The Balaban J connectivity index is 5.24. The molecule has 0 heterocycles. The van der Waals surface area contributed by atoms with Crippen LogP contribution in [0.2, 0.25) is 0 Å². The van der Waals surface area contributed by atoms with Crippen LogP contribution in [0.4, 0.5) is 0 Å². The molecular formula is C25H54NO3P. The normalized spacial score (nSPS) is 16.4. The van der Waals surface area contributed by atoms with Crippen LogP contribution in [-0.4, -0.2) is 37.5 Å². The van der Waals surface area contributed by atoms with E-state index in [2.05, 4.69) is 60.3 Å². The second-order valence-electron chi connectivity index (χ2n) is 10.0. The highest BCUT2D eigenvalue weighted by molar-refractivity contribution is 7.53. The van der Waals surface area contributed by atoms with Crippen molar-refractivity contribution in [1.82, 2.24) is 4.90 Å². The molecule has 0 spiro atoms. The van der Waals surface area contributed by atoms with Gasteiger partial charge in [0.25, 0.3) is 0 Å². The highest BCUT2D eigenvalue weighted by Gasteiger charge is 2.30. The fraction of sp³-hybridized carbons (Fsp3) is 1.00. The average Bonchev–Trinajstić information content (AvgIpc) is 2.67. The Labute approximate surface area is 189 Å². The Kier molecular flexibility index (Phi) is 17.7. The molecule has 30 heavy (non-hydrogen) atoms. The lowest BCUT2D eigenvalue weighted by Crippen LogP contribution is -2.33. The van der Waals surface area contributed by atoms with Crippen molar-refractivity contribution in [2.24, 2.45) is 23.7 Å². The molecule has 182 valence electrons. The van der Waals surface area contributed by atoms with Crippen LogP contribution in [0, 0.1) is 23.7 Å². The molecule has 0 N–H and O–H groups in total. The van der Waals surface area contributed by atoms with Crippen molar-refractivity contribution in [1.29, 1.82) is 0 Å². The summed E-state index contributed by atoms with van der Waals surface area (Å²) in [6.45, 7) is 20.7. The molecule has 0 aromatic rings. The van der Waals surface area contributed by atoms with E-state index in [1.54, 1.807) is 0 Å². The zero-order chi connectivity index (χ0) is 23.0. The van der Waals surface area contributed by atoms with Crippen LogP contribution < -0.4 is 0 Å². The van der Waals surface area contributed by atoms with Crippen LogP contribution in [0.15, 0.2) is 0 Å². The lowest BCUT2D eigenvalue weighted by Gasteiger charge is -2.31. The maximum absolute atomic E-state index is 13.9. The maximum Gasteiger partial charge on any atom is 0.344 e. The Bertz CT molecular complexity index is 408. The molecule has 4 nitrogen and oxygen atoms in total. The van der Waals surface area contributed by atoms with Crippen LogP contribution in [0.5, 0.6) is 0 Å². The average molecular weight is 448 g/mol. The minimum absolute atomic E-state index is 0.414. The van der Waals surface area contributed by atoms with Gasteiger partial charge in [-0.05, 0) is 36.5 Å². The molecule has 0 fully saturated rings. The van der Waals surface area contributed by atoms with Crippen LogP contribution >= 0.6 is 7.60 Å². The molecule has 0 saturated heterocycles. The molecule has 0 aliphatic carbocycles. The van der Waals surface area contributed by atoms with E-state index in [1.165, 1.54) is 25.7 Å². The van der Waals surface area contributed by atoms with Gasteiger partial charge in [-0.25, -0.2) is 0 Å². The zero-order valence-corrected chi connectivity index (χ0v) is 22.5. The summed E-state index contributed by atoms with van der Waals surface area (Å²) in [6, 6.07) is 0. The molecule has 0 aliphatic rings. The molecule has 2 atom stereocenters. The Morgan fingerprint density at radius 2 is 1.13 bits per heavy atom. The molecule has 0 radical (unpaired) electrons. The quantitative estimate of drug-likeness (QED) is 0.176. The fourth-order valence-corrected chi connectivity index (χ4v) is 5.66. The van der Waals surface area contributed by atoms with E-state index in [1.807, 2.05) is 0 Å². The van der Waals surface area contributed by atoms with Gasteiger partial charge in [0.2, 0.25) is 0 Å². The summed E-state index contributed by atoms with van der Waals surface area (Å²) in [5.74, 6) is 1.98. The van der Waals surface area contributed by atoms with Crippen molar-refractivity contribution in [3.8, 4) is 0 Å². The van der Waals surface area contributed by atoms with Crippen molar-refractivity contribution < 1.29 is 13.6 Å². The third-order valence-electron chi connectivity index (χ3n) is 5.72. The zero-order valence-electron chi connectivity index (χ0n) is 21.6. The first-order chi connectivity index (χ1) is 14.2. The Morgan fingerprint density at radius 1 is 0.733 bits per heavy atom. The lowest BCUT2D eigenvalue weighted by atomic mass is 10.0. The lowest BCUT2D eigenvalue weighted by molar-refractivity contribution is 0.135. The molecule has 5 heteroatoms. The SMILES string of the molecule is CCCCC(CC)COP(=O)(CN(CC(C)C)CC(C)C)OCC(CC)CCCC. The minimum atomic E-state index is -3.16. The van der Waals surface area contributed by atoms with E-state index in [0.29, 0.717) is 43.2 Å². The van der Waals surface area contributed by atoms with E-state index in [4.69, 9.17) is 9.05 Å². The van der Waals surface area contributed by atoms with Gasteiger partial charge >= 0.3 is 7.60 Å². The number of nitrogens with zero attached hydrogens (tertiary/aromatic N) is 1. The number of rotatable bonds is 20. The highest BCUT2D eigenvalue weighted by Crippen LogP contribution is 2.50. The van der Waals surface area contributed by atoms with Crippen molar-refractivity contribution in [2.45, 2.75) is 107 Å². The van der Waals surface area contributed by atoms with Gasteiger partial charge < -0.3 is 9.05 Å². The van der Waals surface area contributed by atoms with Crippen LogP contribution in [0.25, 0.3) is 0 Å². The van der Waals surface area contributed by atoms with Gasteiger partial charge in [-0.15, -0.1) is 0 Å². The number of hydrogen-bond donors (Lipinski definition) is 0. The van der Waals surface area contributed by atoms with Gasteiger partial charge in [0, 0.05) is 13.1 Å². The predicted molar refractivity (Wildman–Crippen MR) is 132 cm³/mol. The predicted octanol–water partition coefficient (Wildman–Crippen LogP) is 8.22. The van der Waals surface area contributed by atoms with Gasteiger partial charge in [-0.2, -0.15) is 0 Å². The first-order valence-electron chi connectivity index (χ1n) is 12.8. The summed E-state index contributed by atoms with van der Waals surface area (Å²) in [5.41, 5.74) is 0. The molecule has 2 unspecified atom stereocenters. The maximum atomic E-state index is 13.9. The van der Waals surface area contributed by atoms with Gasteiger partial charge in [0.15, 0.2) is 0 Å². The largest absolute Gasteiger partial charge is 0.344 e. The molecule has 0 aliphatic heterocycles. The second-order valence-corrected chi connectivity index (χ2v) is 12.0. The molecule has 0 bridgehead atoms. The van der Waals surface area contributed by atoms with Gasteiger partial charge in [0.05, 0.1) is 13.2 Å². The third kappa shape index (κ3) is 15.0. The fourth-order valence-electron chi connectivity index (χ4n) is 3.82. The topological polar surface area (TPSA) is 38.8 Å². The highest BCUT2D eigenvalue weighted by atomic mass is 31.2. The molecule has 0 rings (SSSR count). The summed E-state index contributed by atoms with van der Waals surface area (Å²) >= 11 is 0. The van der Waals surface area contributed by atoms with E-state index in [0.717, 1.165) is 38.8 Å². The van der Waals surface area contributed by atoms with Gasteiger partial charge in [0.1, 0.15) is 6.29 Å². The first kappa shape index (κ1) is 30.1. The Morgan fingerprint density at radius 3 is 1.43 bits per heavy atom.